The first-order valence-electron chi connectivity index (χ1n) is 8.48. The largest absolute Gasteiger partial charge is 0.458 e. The van der Waals surface area contributed by atoms with Crippen LogP contribution in [0.25, 0.3) is 0 Å². The zero-order valence-corrected chi connectivity index (χ0v) is 14.6. The molecule has 0 saturated carbocycles. The van der Waals surface area contributed by atoms with Gasteiger partial charge in [0.05, 0.1) is 13.2 Å². The molecule has 0 bridgehead atoms. The summed E-state index contributed by atoms with van der Waals surface area (Å²) in [5.74, 6) is -0.0108. The Morgan fingerprint density at radius 1 is 1.20 bits per heavy atom. The van der Waals surface area contributed by atoms with Crippen LogP contribution in [0.1, 0.15) is 23.4 Å². The van der Waals surface area contributed by atoms with E-state index in [4.69, 9.17) is 9.47 Å². The van der Waals surface area contributed by atoms with Crippen molar-refractivity contribution in [2.75, 3.05) is 19.7 Å². The van der Waals surface area contributed by atoms with Gasteiger partial charge in [0.25, 0.3) is 0 Å². The predicted molar refractivity (Wildman–Crippen MR) is 93.2 cm³/mol. The highest BCUT2D eigenvalue weighted by molar-refractivity contribution is 5.77. The highest BCUT2D eigenvalue weighted by atomic mass is 16.5. The summed E-state index contributed by atoms with van der Waals surface area (Å²) >= 11 is 0. The van der Waals surface area contributed by atoms with Gasteiger partial charge in [0.2, 0.25) is 5.91 Å². The standard InChI is InChI=1S/C19H23N3O3/c1-14-10-15(2)21-19(20-14)25-17-8-9-22(11-17)18(23)13-24-12-16-6-4-3-5-7-16/h3-7,10,17H,8-9,11-13H2,1-2H3/t17-/m0/s1. The molecule has 3 rings (SSSR count). The molecule has 0 aliphatic carbocycles. The van der Waals surface area contributed by atoms with Crippen molar-refractivity contribution in [1.29, 1.82) is 0 Å². The minimum atomic E-state index is -0.0701. The topological polar surface area (TPSA) is 64.5 Å². The fraction of sp³-hybridized carbons (Fsp3) is 0.421. The second-order valence-electron chi connectivity index (χ2n) is 6.28. The van der Waals surface area contributed by atoms with Crippen LogP contribution in [0.5, 0.6) is 6.01 Å². The van der Waals surface area contributed by atoms with Gasteiger partial charge in [0.1, 0.15) is 12.7 Å². The molecule has 2 aromatic rings. The van der Waals surface area contributed by atoms with E-state index in [-0.39, 0.29) is 18.6 Å². The monoisotopic (exact) mass is 341 g/mol. The van der Waals surface area contributed by atoms with Gasteiger partial charge in [-0.3, -0.25) is 4.79 Å². The van der Waals surface area contributed by atoms with Gasteiger partial charge in [0.15, 0.2) is 0 Å². The van der Waals surface area contributed by atoms with Crippen molar-refractivity contribution in [3.63, 3.8) is 0 Å². The molecule has 1 saturated heterocycles. The Balaban J connectivity index is 1.44. The van der Waals surface area contributed by atoms with Crippen molar-refractivity contribution in [3.05, 3.63) is 53.3 Å². The number of nitrogens with zero attached hydrogens (tertiary/aromatic N) is 3. The van der Waals surface area contributed by atoms with Crippen LogP contribution in [-0.4, -0.2) is 46.6 Å². The Bertz CT molecular complexity index is 701. The number of rotatable bonds is 6. The molecule has 1 fully saturated rings. The summed E-state index contributed by atoms with van der Waals surface area (Å²) in [5, 5.41) is 0. The zero-order valence-electron chi connectivity index (χ0n) is 14.6. The van der Waals surface area contributed by atoms with Gasteiger partial charge in [-0.15, -0.1) is 0 Å². The number of ether oxygens (including phenoxy) is 2. The highest BCUT2D eigenvalue weighted by Crippen LogP contribution is 2.16. The van der Waals surface area contributed by atoms with E-state index in [0.29, 0.717) is 25.7 Å². The number of aromatic nitrogens is 2. The van der Waals surface area contributed by atoms with Gasteiger partial charge >= 0.3 is 6.01 Å². The summed E-state index contributed by atoms with van der Waals surface area (Å²) in [5.41, 5.74) is 2.82. The molecule has 0 radical (unpaired) electrons. The lowest BCUT2D eigenvalue weighted by Gasteiger charge is -2.17. The quantitative estimate of drug-likeness (QED) is 0.807. The molecule has 1 atom stereocenters. The molecular formula is C19H23N3O3. The van der Waals surface area contributed by atoms with E-state index in [1.807, 2.05) is 50.2 Å². The molecule has 1 aromatic heterocycles. The predicted octanol–water partition coefficient (Wildman–Crippen LogP) is 2.29. The van der Waals surface area contributed by atoms with Crippen LogP contribution in [0.3, 0.4) is 0 Å². The Hall–Kier alpha value is -2.47. The van der Waals surface area contributed by atoms with Crippen molar-refractivity contribution < 1.29 is 14.3 Å². The Kier molecular flexibility index (Phi) is 5.60. The van der Waals surface area contributed by atoms with Gasteiger partial charge in [-0.25, -0.2) is 9.97 Å². The van der Waals surface area contributed by atoms with E-state index in [2.05, 4.69) is 9.97 Å². The minimum Gasteiger partial charge on any atom is -0.458 e. The van der Waals surface area contributed by atoms with Crippen LogP contribution in [0.4, 0.5) is 0 Å². The van der Waals surface area contributed by atoms with E-state index in [1.165, 1.54) is 0 Å². The molecule has 1 aliphatic rings. The first kappa shape index (κ1) is 17.4. The number of benzene rings is 1. The third kappa shape index (κ3) is 5.00. The summed E-state index contributed by atoms with van der Waals surface area (Å²) in [6, 6.07) is 12.1. The molecule has 1 aliphatic heterocycles. The van der Waals surface area contributed by atoms with Crippen molar-refractivity contribution >= 4 is 5.91 Å². The molecule has 6 heteroatoms. The maximum absolute atomic E-state index is 12.3. The third-order valence-electron chi connectivity index (χ3n) is 4.07. The van der Waals surface area contributed by atoms with Crippen molar-refractivity contribution in [1.82, 2.24) is 14.9 Å². The number of likely N-dealkylation sites (tertiary alicyclic amines) is 1. The lowest BCUT2D eigenvalue weighted by Crippen LogP contribution is -2.33. The number of carbonyl (C=O) groups is 1. The van der Waals surface area contributed by atoms with Gasteiger partial charge in [0, 0.05) is 24.4 Å². The average Bonchev–Trinajstić information content (AvgIpc) is 3.03. The smallest absolute Gasteiger partial charge is 0.317 e. The molecular weight excluding hydrogens is 318 g/mol. The van der Waals surface area contributed by atoms with Gasteiger partial charge < -0.3 is 14.4 Å². The zero-order chi connectivity index (χ0) is 17.6. The SMILES string of the molecule is Cc1cc(C)nc(O[C@H]2CCN(C(=O)COCc3ccccc3)C2)n1. The van der Waals surface area contributed by atoms with Crippen molar-refractivity contribution in [2.45, 2.75) is 33.0 Å². The first-order valence-corrected chi connectivity index (χ1v) is 8.48. The number of amides is 1. The van der Waals surface area contributed by atoms with E-state index < -0.39 is 0 Å². The van der Waals surface area contributed by atoms with Crippen molar-refractivity contribution in [3.8, 4) is 6.01 Å². The molecule has 132 valence electrons. The van der Waals surface area contributed by atoms with Gasteiger partial charge in [-0.2, -0.15) is 0 Å². The van der Waals surface area contributed by atoms with Gasteiger partial charge in [-0.05, 0) is 25.5 Å². The fourth-order valence-corrected chi connectivity index (χ4v) is 2.87. The molecule has 1 aromatic carbocycles. The lowest BCUT2D eigenvalue weighted by atomic mass is 10.2. The Labute approximate surface area is 147 Å². The maximum atomic E-state index is 12.3. The second-order valence-corrected chi connectivity index (χ2v) is 6.28. The van der Waals surface area contributed by atoms with E-state index in [0.717, 1.165) is 23.4 Å². The molecule has 0 unspecified atom stereocenters. The highest BCUT2D eigenvalue weighted by Gasteiger charge is 2.28. The van der Waals surface area contributed by atoms with E-state index >= 15 is 0 Å². The van der Waals surface area contributed by atoms with E-state index in [9.17, 15) is 4.79 Å². The minimum absolute atomic E-state index is 0.0108. The average molecular weight is 341 g/mol. The Morgan fingerprint density at radius 3 is 2.64 bits per heavy atom. The van der Waals surface area contributed by atoms with Crippen LogP contribution in [-0.2, 0) is 16.1 Å². The summed E-state index contributed by atoms with van der Waals surface area (Å²) in [6.45, 7) is 5.57. The van der Waals surface area contributed by atoms with Crippen molar-refractivity contribution in [2.24, 2.45) is 0 Å². The van der Waals surface area contributed by atoms with Crippen LogP contribution >= 0.6 is 0 Å². The summed E-state index contributed by atoms with van der Waals surface area (Å²) in [6.07, 6.45) is 0.708. The molecule has 0 spiro atoms. The molecule has 6 nitrogen and oxygen atoms in total. The number of carbonyl (C=O) groups excluding carboxylic acids is 1. The first-order chi connectivity index (χ1) is 12.1. The molecule has 2 heterocycles. The summed E-state index contributed by atoms with van der Waals surface area (Å²) in [7, 11) is 0. The van der Waals surface area contributed by atoms with Crippen LogP contribution < -0.4 is 4.74 Å². The number of aryl methyl sites for hydroxylation is 2. The Morgan fingerprint density at radius 2 is 1.92 bits per heavy atom. The molecule has 25 heavy (non-hydrogen) atoms. The van der Waals surface area contributed by atoms with Crippen LogP contribution in [0, 0.1) is 13.8 Å². The molecule has 0 N–H and O–H groups in total. The number of hydrogen-bond donors (Lipinski definition) is 0. The molecule has 1 amide bonds. The normalized spacial score (nSPS) is 16.9. The fourth-order valence-electron chi connectivity index (χ4n) is 2.87. The van der Waals surface area contributed by atoms with Gasteiger partial charge in [-0.1, -0.05) is 30.3 Å². The second kappa shape index (κ2) is 8.07. The number of hydrogen-bond acceptors (Lipinski definition) is 5. The summed E-state index contributed by atoms with van der Waals surface area (Å²) < 4.78 is 11.4. The third-order valence-corrected chi connectivity index (χ3v) is 4.07. The summed E-state index contributed by atoms with van der Waals surface area (Å²) in [4.78, 5) is 22.6. The maximum Gasteiger partial charge on any atom is 0.317 e. The van der Waals surface area contributed by atoms with Crippen LogP contribution in [0.15, 0.2) is 36.4 Å². The van der Waals surface area contributed by atoms with E-state index in [1.54, 1.807) is 4.90 Å². The lowest BCUT2D eigenvalue weighted by molar-refractivity contribution is -0.135. The van der Waals surface area contributed by atoms with Crippen LogP contribution in [0.2, 0.25) is 0 Å².